The Balaban J connectivity index is 1.62. The first-order valence-corrected chi connectivity index (χ1v) is 6.97. The minimum absolute atomic E-state index is 0.125. The number of nitrogens with zero attached hydrogens (tertiary/aromatic N) is 3. The van der Waals surface area contributed by atoms with E-state index in [4.69, 9.17) is 4.74 Å². The normalized spacial score (nSPS) is 10.6. The van der Waals surface area contributed by atoms with Gasteiger partial charge < -0.3 is 10.1 Å². The van der Waals surface area contributed by atoms with Crippen molar-refractivity contribution < 1.29 is 9.53 Å². The molecule has 0 spiro atoms. The Hall–Kier alpha value is -2.89. The molecule has 0 aliphatic rings. The van der Waals surface area contributed by atoms with Crippen molar-refractivity contribution in [1.82, 2.24) is 19.9 Å². The summed E-state index contributed by atoms with van der Waals surface area (Å²) in [6.07, 6.45) is 4.08. The maximum absolute atomic E-state index is 12.2. The highest BCUT2D eigenvalue weighted by Gasteiger charge is 2.08. The fourth-order valence-corrected chi connectivity index (χ4v) is 2.28. The fraction of sp³-hybridized carbons (Fsp3) is 0.188. The minimum Gasteiger partial charge on any atom is -0.496 e. The summed E-state index contributed by atoms with van der Waals surface area (Å²) >= 11 is 0. The van der Waals surface area contributed by atoms with Crippen LogP contribution in [0.25, 0.3) is 5.65 Å². The van der Waals surface area contributed by atoms with Crippen molar-refractivity contribution in [2.75, 3.05) is 13.7 Å². The molecule has 3 rings (SSSR count). The molecular formula is C16H16N4O2. The molecule has 0 saturated heterocycles. The number of amides is 1. The van der Waals surface area contributed by atoms with Crippen LogP contribution in [0.1, 0.15) is 15.9 Å². The van der Waals surface area contributed by atoms with E-state index in [0.717, 1.165) is 11.3 Å². The maximum Gasteiger partial charge on any atom is 0.251 e. The Morgan fingerprint density at radius 1 is 1.32 bits per heavy atom. The van der Waals surface area contributed by atoms with E-state index in [-0.39, 0.29) is 5.91 Å². The molecule has 22 heavy (non-hydrogen) atoms. The highest BCUT2D eigenvalue weighted by atomic mass is 16.5. The molecule has 0 radical (unpaired) electrons. The minimum atomic E-state index is -0.125. The third kappa shape index (κ3) is 2.90. The van der Waals surface area contributed by atoms with Crippen molar-refractivity contribution >= 4 is 11.6 Å². The first-order chi connectivity index (χ1) is 10.8. The monoisotopic (exact) mass is 296 g/mol. The van der Waals surface area contributed by atoms with Crippen molar-refractivity contribution in [3.05, 3.63) is 60.0 Å². The summed E-state index contributed by atoms with van der Waals surface area (Å²) in [5.74, 6) is 0.710. The highest BCUT2D eigenvalue weighted by Crippen LogP contribution is 2.17. The van der Waals surface area contributed by atoms with Gasteiger partial charge in [0, 0.05) is 18.3 Å². The Bertz CT molecular complexity index is 797. The van der Waals surface area contributed by atoms with Gasteiger partial charge in [0.25, 0.3) is 5.91 Å². The van der Waals surface area contributed by atoms with E-state index < -0.39 is 0 Å². The third-order valence-corrected chi connectivity index (χ3v) is 3.43. The van der Waals surface area contributed by atoms with Crippen LogP contribution in [0, 0.1) is 0 Å². The van der Waals surface area contributed by atoms with Gasteiger partial charge in [-0.3, -0.25) is 9.20 Å². The zero-order chi connectivity index (χ0) is 15.4. The molecule has 0 aliphatic heterocycles. The predicted octanol–water partition coefficient (Wildman–Crippen LogP) is 1.71. The molecule has 0 saturated carbocycles. The number of pyridine rings is 1. The molecular weight excluding hydrogens is 280 g/mol. The van der Waals surface area contributed by atoms with Crippen LogP contribution in [0.4, 0.5) is 0 Å². The predicted molar refractivity (Wildman–Crippen MR) is 82.0 cm³/mol. The standard InChI is InChI=1S/C16H16N4O2/c1-22-14-5-3-2-4-12(14)6-8-17-16(21)13-7-9-20-11-18-19-15(20)10-13/h2-5,7,9-11H,6,8H2,1H3,(H,17,21). The maximum atomic E-state index is 12.2. The number of nitrogens with one attached hydrogen (secondary N) is 1. The molecule has 3 aromatic rings. The van der Waals surface area contributed by atoms with Gasteiger partial charge in [-0.25, -0.2) is 0 Å². The van der Waals surface area contributed by atoms with E-state index in [1.54, 1.807) is 36.2 Å². The molecule has 0 fully saturated rings. The number of carbonyl (C=O) groups excluding carboxylic acids is 1. The van der Waals surface area contributed by atoms with Crippen molar-refractivity contribution in [2.45, 2.75) is 6.42 Å². The number of hydrogen-bond acceptors (Lipinski definition) is 4. The van der Waals surface area contributed by atoms with Gasteiger partial charge in [-0.05, 0) is 30.2 Å². The van der Waals surface area contributed by atoms with Gasteiger partial charge in [0.05, 0.1) is 7.11 Å². The van der Waals surface area contributed by atoms with Gasteiger partial charge in [-0.2, -0.15) is 0 Å². The summed E-state index contributed by atoms with van der Waals surface area (Å²) < 4.78 is 7.05. The molecule has 112 valence electrons. The number of ether oxygens (including phenoxy) is 1. The van der Waals surface area contributed by atoms with Crippen molar-refractivity contribution in [2.24, 2.45) is 0 Å². The van der Waals surface area contributed by atoms with Crippen LogP contribution in [-0.2, 0) is 6.42 Å². The summed E-state index contributed by atoms with van der Waals surface area (Å²) in [5.41, 5.74) is 2.29. The second kappa shape index (κ2) is 6.26. The van der Waals surface area contributed by atoms with Crippen LogP contribution in [0.15, 0.2) is 48.9 Å². The van der Waals surface area contributed by atoms with Crippen LogP contribution >= 0.6 is 0 Å². The number of rotatable bonds is 5. The Labute approximate surface area is 127 Å². The SMILES string of the molecule is COc1ccccc1CCNC(=O)c1ccn2cnnc2c1. The number of fused-ring (bicyclic) bond motifs is 1. The van der Waals surface area contributed by atoms with Crippen molar-refractivity contribution in [1.29, 1.82) is 0 Å². The average Bonchev–Trinajstić information content (AvgIpc) is 3.02. The van der Waals surface area contributed by atoms with Gasteiger partial charge in [-0.15, -0.1) is 10.2 Å². The molecule has 0 aliphatic carbocycles. The van der Waals surface area contributed by atoms with E-state index >= 15 is 0 Å². The second-order valence-corrected chi connectivity index (χ2v) is 4.83. The highest BCUT2D eigenvalue weighted by molar-refractivity contribution is 5.94. The number of benzene rings is 1. The topological polar surface area (TPSA) is 68.5 Å². The second-order valence-electron chi connectivity index (χ2n) is 4.83. The van der Waals surface area contributed by atoms with Crippen LogP contribution in [0.5, 0.6) is 5.75 Å². The van der Waals surface area contributed by atoms with Crippen molar-refractivity contribution in [3.63, 3.8) is 0 Å². The smallest absolute Gasteiger partial charge is 0.251 e. The number of methoxy groups -OCH3 is 1. The van der Waals surface area contributed by atoms with E-state index in [1.165, 1.54) is 0 Å². The van der Waals surface area contributed by atoms with Gasteiger partial charge >= 0.3 is 0 Å². The largest absolute Gasteiger partial charge is 0.496 e. The lowest BCUT2D eigenvalue weighted by molar-refractivity contribution is 0.0954. The summed E-state index contributed by atoms with van der Waals surface area (Å²) in [6, 6.07) is 11.2. The number of hydrogen-bond donors (Lipinski definition) is 1. The summed E-state index contributed by atoms with van der Waals surface area (Å²) in [5, 5.41) is 10.6. The molecule has 2 heterocycles. The van der Waals surface area contributed by atoms with Crippen LogP contribution in [0.2, 0.25) is 0 Å². The fourth-order valence-electron chi connectivity index (χ4n) is 2.28. The van der Waals surface area contributed by atoms with Gasteiger partial charge in [0.1, 0.15) is 12.1 Å². The lowest BCUT2D eigenvalue weighted by Gasteiger charge is -2.09. The zero-order valence-corrected chi connectivity index (χ0v) is 12.2. The Morgan fingerprint density at radius 3 is 3.05 bits per heavy atom. The van der Waals surface area contributed by atoms with E-state index in [0.29, 0.717) is 24.2 Å². The molecule has 0 bridgehead atoms. The molecule has 2 aromatic heterocycles. The van der Waals surface area contributed by atoms with E-state index in [1.807, 2.05) is 24.3 Å². The van der Waals surface area contributed by atoms with Crippen LogP contribution < -0.4 is 10.1 Å². The van der Waals surface area contributed by atoms with E-state index in [9.17, 15) is 4.79 Å². The lowest BCUT2D eigenvalue weighted by atomic mass is 10.1. The zero-order valence-electron chi connectivity index (χ0n) is 12.2. The Morgan fingerprint density at radius 2 is 2.18 bits per heavy atom. The first kappa shape index (κ1) is 14.1. The van der Waals surface area contributed by atoms with Crippen LogP contribution in [0.3, 0.4) is 0 Å². The summed E-state index contributed by atoms with van der Waals surface area (Å²) in [7, 11) is 1.64. The average molecular weight is 296 g/mol. The molecule has 6 nitrogen and oxygen atoms in total. The van der Waals surface area contributed by atoms with E-state index in [2.05, 4.69) is 15.5 Å². The third-order valence-electron chi connectivity index (χ3n) is 3.43. The molecule has 0 unspecified atom stereocenters. The lowest BCUT2D eigenvalue weighted by Crippen LogP contribution is -2.25. The quantitative estimate of drug-likeness (QED) is 0.778. The van der Waals surface area contributed by atoms with Crippen molar-refractivity contribution in [3.8, 4) is 5.75 Å². The van der Waals surface area contributed by atoms with Gasteiger partial charge in [0.15, 0.2) is 5.65 Å². The molecule has 1 amide bonds. The number of carbonyl (C=O) groups is 1. The number of para-hydroxylation sites is 1. The summed E-state index contributed by atoms with van der Waals surface area (Å²) in [4.78, 5) is 12.2. The first-order valence-electron chi connectivity index (χ1n) is 6.97. The molecule has 0 atom stereocenters. The molecule has 1 aromatic carbocycles. The summed E-state index contributed by atoms with van der Waals surface area (Å²) in [6.45, 7) is 0.539. The number of aromatic nitrogens is 3. The Kier molecular flexibility index (Phi) is 4.00. The van der Waals surface area contributed by atoms with Crippen LogP contribution in [-0.4, -0.2) is 34.2 Å². The van der Waals surface area contributed by atoms with Gasteiger partial charge in [0.2, 0.25) is 0 Å². The molecule has 6 heteroatoms. The molecule has 1 N–H and O–H groups in total. The van der Waals surface area contributed by atoms with Gasteiger partial charge in [-0.1, -0.05) is 18.2 Å².